The first kappa shape index (κ1) is 8.75. The summed E-state index contributed by atoms with van der Waals surface area (Å²) in [6.07, 6.45) is 1.80. The molecule has 1 heterocycles. The third kappa shape index (κ3) is 1.59. The lowest BCUT2D eigenvalue weighted by atomic mass is 10.0. The summed E-state index contributed by atoms with van der Waals surface area (Å²) in [5, 5.41) is 0. The average molecular weight is 184 g/mol. The monoisotopic (exact) mass is 184 g/mol. The summed E-state index contributed by atoms with van der Waals surface area (Å²) in [6, 6.07) is 11.8. The first-order valence-electron chi connectivity index (χ1n) is 4.55. The minimum atomic E-state index is 0.787. The van der Waals surface area contributed by atoms with Gasteiger partial charge in [-0.3, -0.25) is 4.98 Å². The Hall–Kier alpha value is -1.83. The Bertz CT molecular complexity index is 432. The van der Waals surface area contributed by atoms with Gasteiger partial charge in [0, 0.05) is 23.1 Å². The van der Waals surface area contributed by atoms with E-state index in [2.05, 4.69) is 11.1 Å². The van der Waals surface area contributed by atoms with Gasteiger partial charge in [0.25, 0.3) is 0 Å². The number of hydrogen-bond donors (Lipinski definition) is 1. The van der Waals surface area contributed by atoms with E-state index in [9.17, 15) is 0 Å². The predicted octanol–water partition coefficient (Wildman–Crippen LogP) is 2.64. The quantitative estimate of drug-likeness (QED) is 0.692. The molecule has 0 amide bonds. The van der Waals surface area contributed by atoms with E-state index in [1.54, 1.807) is 6.20 Å². The SMILES string of the molecule is Cc1ncccc1-c1ccc(N)cc1. The van der Waals surface area contributed by atoms with Crippen molar-refractivity contribution in [2.24, 2.45) is 0 Å². The van der Waals surface area contributed by atoms with Crippen LogP contribution in [0.5, 0.6) is 0 Å². The maximum atomic E-state index is 5.63. The third-order valence-electron chi connectivity index (χ3n) is 2.23. The molecule has 0 unspecified atom stereocenters. The molecule has 0 atom stereocenters. The maximum Gasteiger partial charge on any atom is 0.0450 e. The van der Waals surface area contributed by atoms with Crippen LogP contribution in [0.4, 0.5) is 5.69 Å². The van der Waals surface area contributed by atoms with Gasteiger partial charge in [0.05, 0.1) is 0 Å². The minimum Gasteiger partial charge on any atom is -0.399 e. The molecule has 0 saturated heterocycles. The van der Waals surface area contributed by atoms with Gasteiger partial charge in [-0.25, -0.2) is 0 Å². The predicted molar refractivity (Wildman–Crippen MR) is 58.8 cm³/mol. The standard InChI is InChI=1S/C12H12N2/c1-9-12(3-2-8-14-9)10-4-6-11(13)7-5-10/h2-8H,13H2,1H3. The van der Waals surface area contributed by atoms with Gasteiger partial charge in [-0.05, 0) is 30.7 Å². The Morgan fingerprint density at radius 3 is 2.43 bits per heavy atom. The van der Waals surface area contributed by atoms with E-state index in [0.29, 0.717) is 0 Å². The lowest BCUT2D eigenvalue weighted by Crippen LogP contribution is -1.87. The van der Waals surface area contributed by atoms with Crippen molar-refractivity contribution in [3.63, 3.8) is 0 Å². The van der Waals surface area contributed by atoms with Crippen molar-refractivity contribution in [2.45, 2.75) is 6.92 Å². The number of nitrogens with two attached hydrogens (primary N) is 1. The third-order valence-corrected chi connectivity index (χ3v) is 2.23. The molecule has 2 aromatic rings. The molecule has 0 bridgehead atoms. The normalized spacial score (nSPS) is 10.1. The topological polar surface area (TPSA) is 38.9 Å². The van der Waals surface area contributed by atoms with E-state index in [-0.39, 0.29) is 0 Å². The van der Waals surface area contributed by atoms with Crippen LogP contribution in [0.25, 0.3) is 11.1 Å². The van der Waals surface area contributed by atoms with Crippen LogP contribution in [-0.4, -0.2) is 4.98 Å². The van der Waals surface area contributed by atoms with Crippen LogP contribution in [0.3, 0.4) is 0 Å². The van der Waals surface area contributed by atoms with Crippen LogP contribution >= 0.6 is 0 Å². The zero-order valence-electron chi connectivity index (χ0n) is 8.07. The van der Waals surface area contributed by atoms with Crippen molar-refractivity contribution in [3.8, 4) is 11.1 Å². The molecular formula is C12H12N2. The highest BCUT2D eigenvalue weighted by Crippen LogP contribution is 2.22. The number of anilines is 1. The van der Waals surface area contributed by atoms with Crippen molar-refractivity contribution in [1.29, 1.82) is 0 Å². The molecule has 0 fully saturated rings. The highest BCUT2D eigenvalue weighted by Gasteiger charge is 2.00. The molecule has 70 valence electrons. The molecule has 1 aromatic carbocycles. The maximum absolute atomic E-state index is 5.63. The highest BCUT2D eigenvalue weighted by molar-refractivity contribution is 5.67. The minimum absolute atomic E-state index is 0.787. The fourth-order valence-electron chi connectivity index (χ4n) is 1.45. The molecule has 2 nitrogen and oxygen atoms in total. The van der Waals surface area contributed by atoms with Crippen molar-refractivity contribution < 1.29 is 0 Å². The van der Waals surface area contributed by atoms with E-state index in [4.69, 9.17) is 5.73 Å². The van der Waals surface area contributed by atoms with E-state index < -0.39 is 0 Å². The fraction of sp³-hybridized carbons (Fsp3) is 0.0833. The first-order chi connectivity index (χ1) is 6.77. The summed E-state index contributed by atoms with van der Waals surface area (Å²) >= 11 is 0. The van der Waals surface area contributed by atoms with Gasteiger partial charge in [0.1, 0.15) is 0 Å². The molecule has 0 radical (unpaired) electrons. The van der Waals surface area contributed by atoms with E-state index in [0.717, 1.165) is 22.5 Å². The average Bonchev–Trinajstić information content (AvgIpc) is 2.20. The molecular weight excluding hydrogens is 172 g/mol. The van der Waals surface area contributed by atoms with Gasteiger partial charge >= 0.3 is 0 Å². The number of rotatable bonds is 1. The van der Waals surface area contributed by atoms with Crippen molar-refractivity contribution in [1.82, 2.24) is 4.98 Å². The Morgan fingerprint density at radius 1 is 1.07 bits per heavy atom. The molecule has 0 aliphatic heterocycles. The summed E-state index contributed by atoms with van der Waals surface area (Å²) in [4.78, 5) is 4.25. The molecule has 0 aliphatic rings. The number of benzene rings is 1. The summed E-state index contributed by atoms with van der Waals surface area (Å²) < 4.78 is 0. The molecule has 2 heteroatoms. The lowest BCUT2D eigenvalue weighted by Gasteiger charge is -2.04. The fourth-order valence-corrected chi connectivity index (χ4v) is 1.45. The Morgan fingerprint density at radius 2 is 1.79 bits per heavy atom. The summed E-state index contributed by atoms with van der Waals surface area (Å²) in [7, 11) is 0. The number of nitrogen functional groups attached to an aromatic ring is 1. The summed E-state index contributed by atoms with van der Waals surface area (Å²) in [5.41, 5.74) is 9.77. The van der Waals surface area contributed by atoms with Crippen LogP contribution in [-0.2, 0) is 0 Å². The van der Waals surface area contributed by atoms with Crippen LogP contribution in [0.1, 0.15) is 5.69 Å². The molecule has 0 spiro atoms. The Kier molecular flexibility index (Phi) is 2.19. The van der Waals surface area contributed by atoms with E-state index >= 15 is 0 Å². The number of nitrogens with zero attached hydrogens (tertiary/aromatic N) is 1. The van der Waals surface area contributed by atoms with E-state index in [1.165, 1.54) is 0 Å². The lowest BCUT2D eigenvalue weighted by molar-refractivity contribution is 1.20. The van der Waals surface area contributed by atoms with Crippen LogP contribution in [0.15, 0.2) is 42.6 Å². The Balaban J connectivity index is 2.50. The second-order valence-corrected chi connectivity index (χ2v) is 3.26. The second kappa shape index (κ2) is 3.50. The van der Waals surface area contributed by atoms with Crippen molar-refractivity contribution in [3.05, 3.63) is 48.3 Å². The number of hydrogen-bond acceptors (Lipinski definition) is 2. The van der Waals surface area contributed by atoms with Gasteiger partial charge in [0.15, 0.2) is 0 Å². The van der Waals surface area contributed by atoms with Crippen molar-refractivity contribution >= 4 is 5.69 Å². The molecule has 0 saturated carbocycles. The van der Waals surface area contributed by atoms with Crippen LogP contribution in [0.2, 0.25) is 0 Å². The second-order valence-electron chi connectivity index (χ2n) is 3.26. The summed E-state index contributed by atoms with van der Waals surface area (Å²) in [5.74, 6) is 0. The number of pyridine rings is 1. The largest absolute Gasteiger partial charge is 0.399 e. The molecule has 14 heavy (non-hydrogen) atoms. The van der Waals surface area contributed by atoms with Gasteiger partial charge < -0.3 is 5.73 Å². The molecule has 2 rings (SSSR count). The number of aryl methyl sites for hydroxylation is 1. The zero-order chi connectivity index (χ0) is 9.97. The van der Waals surface area contributed by atoms with Crippen LogP contribution < -0.4 is 5.73 Å². The number of aromatic nitrogens is 1. The zero-order valence-corrected chi connectivity index (χ0v) is 8.07. The molecule has 1 aromatic heterocycles. The van der Waals surface area contributed by atoms with E-state index in [1.807, 2.05) is 37.3 Å². The van der Waals surface area contributed by atoms with Gasteiger partial charge in [-0.15, -0.1) is 0 Å². The highest BCUT2D eigenvalue weighted by atomic mass is 14.7. The molecule has 2 N–H and O–H groups in total. The van der Waals surface area contributed by atoms with Crippen molar-refractivity contribution in [2.75, 3.05) is 5.73 Å². The van der Waals surface area contributed by atoms with Gasteiger partial charge in [-0.1, -0.05) is 18.2 Å². The smallest absolute Gasteiger partial charge is 0.0450 e. The van der Waals surface area contributed by atoms with Gasteiger partial charge in [-0.2, -0.15) is 0 Å². The molecule has 0 aliphatic carbocycles. The Labute approximate surface area is 83.4 Å². The van der Waals surface area contributed by atoms with Gasteiger partial charge in [0.2, 0.25) is 0 Å². The summed E-state index contributed by atoms with van der Waals surface area (Å²) in [6.45, 7) is 2.01. The first-order valence-corrected chi connectivity index (χ1v) is 4.55. The van der Waals surface area contributed by atoms with Crippen LogP contribution in [0, 0.1) is 6.92 Å².